The van der Waals surface area contributed by atoms with E-state index in [0.717, 1.165) is 18.6 Å². The van der Waals surface area contributed by atoms with Gasteiger partial charge >= 0.3 is 0 Å². The van der Waals surface area contributed by atoms with Gasteiger partial charge in [-0.2, -0.15) is 0 Å². The highest BCUT2D eigenvalue weighted by Crippen LogP contribution is 2.35. The van der Waals surface area contributed by atoms with E-state index in [1.165, 1.54) is 12.3 Å². The van der Waals surface area contributed by atoms with Crippen LogP contribution >= 0.6 is 0 Å². The van der Waals surface area contributed by atoms with Crippen LogP contribution in [0.1, 0.15) is 30.1 Å². The van der Waals surface area contributed by atoms with Crippen molar-refractivity contribution >= 4 is 23.3 Å². The minimum absolute atomic E-state index is 0.318. The molecule has 180 valence electrons. The summed E-state index contributed by atoms with van der Waals surface area (Å²) in [6.45, 7) is 0.658. The van der Waals surface area contributed by atoms with Gasteiger partial charge in [0.2, 0.25) is 0 Å². The number of imidazole rings is 1. The number of methoxy groups -OCH3 is 2. The van der Waals surface area contributed by atoms with Crippen LogP contribution in [-0.2, 0) is 0 Å². The number of allylic oxidation sites excluding steroid dienone is 1. The Labute approximate surface area is 200 Å². The summed E-state index contributed by atoms with van der Waals surface area (Å²) in [5, 5.41) is 11.1. The molecule has 2 aliphatic rings. The van der Waals surface area contributed by atoms with E-state index >= 15 is 0 Å². The summed E-state index contributed by atoms with van der Waals surface area (Å²) in [5.74, 6) is 1.24. The molecule has 0 aliphatic carbocycles. The molecule has 2 aromatic heterocycles. The van der Waals surface area contributed by atoms with Gasteiger partial charge in [-0.25, -0.2) is 18.8 Å². The van der Waals surface area contributed by atoms with Crippen LogP contribution in [0.3, 0.4) is 0 Å². The van der Waals surface area contributed by atoms with Crippen LogP contribution < -0.4 is 14.8 Å². The number of nitrogens with one attached hydrogen (secondary N) is 2. The van der Waals surface area contributed by atoms with Gasteiger partial charge < -0.3 is 29.5 Å². The number of likely N-dealkylation sites (tertiary alicyclic amines) is 1. The number of hydrogen-bond donors (Lipinski definition) is 2. The number of nitrogens with zero attached hydrogens (tertiary/aromatic N) is 4. The number of benzene rings is 1. The molecule has 0 spiro atoms. The number of amidine groups is 1. The number of pyridine rings is 1. The number of ether oxygens (including phenoxy) is 2. The highest BCUT2D eigenvalue weighted by atomic mass is 19.1. The maximum Gasteiger partial charge on any atom is 0.177 e. The first-order chi connectivity index (χ1) is 17.0. The second kappa shape index (κ2) is 9.21. The monoisotopic (exact) mass is 478 g/mol. The number of aliphatic imine (C=N–C) groups is 1. The van der Waals surface area contributed by atoms with Crippen LogP contribution in [0.2, 0.25) is 0 Å². The van der Waals surface area contributed by atoms with E-state index in [2.05, 4.69) is 10.3 Å². The minimum atomic E-state index is -0.470. The molecule has 1 fully saturated rings. The average Bonchev–Trinajstić information content (AvgIpc) is 3.52. The molecule has 1 saturated heterocycles. The Hall–Kier alpha value is -4.21. The fraction of sp³-hybridized carbons (Fsp3) is 0.240. The maximum absolute atomic E-state index is 14.5. The maximum atomic E-state index is 14.5. The molecule has 4 heterocycles. The van der Waals surface area contributed by atoms with Crippen molar-refractivity contribution < 1.29 is 18.3 Å². The summed E-state index contributed by atoms with van der Waals surface area (Å²) in [6, 6.07) is 4.96. The number of halogens is 2. The third kappa shape index (κ3) is 4.11. The second-order valence-electron chi connectivity index (χ2n) is 8.17. The van der Waals surface area contributed by atoms with Crippen LogP contribution in [0, 0.1) is 17.0 Å². The molecule has 5 rings (SSSR count). The lowest BCUT2D eigenvalue weighted by Gasteiger charge is -2.29. The largest absolute Gasteiger partial charge is 0.493 e. The molecule has 3 aromatic rings. The molecule has 0 unspecified atom stereocenters. The lowest BCUT2D eigenvalue weighted by molar-refractivity contribution is 0.353. The van der Waals surface area contributed by atoms with E-state index in [-0.39, 0.29) is 6.04 Å². The van der Waals surface area contributed by atoms with E-state index < -0.39 is 11.6 Å². The summed E-state index contributed by atoms with van der Waals surface area (Å²) < 4.78 is 40.9. The summed E-state index contributed by atoms with van der Waals surface area (Å²) in [7, 11) is 3.11. The predicted octanol–water partition coefficient (Wildman–Crippen LogP) is 4.30. The van der Waals surface area contributed by atoms with Crippen LogP contribution in [0.25, 0.3) is 11.2 Å². The van der Waals surface area contributed by atoms with Crippen molar-refractivity contribution in [2.24, 2.45) is 4.99 Å². The van der Waals surface area contributed by atoms with Crippen molar-refractivity contribution in [1.82, 2.24) is 19.6 Å². The van der Waals surface area contributed by atoms with Gasteiger partial charge in [0.05, 0.1) is 37.7 Å². The lowest BCUT2D eigenvalue weighted by atomic mass is 10.0. The average molecular weight is 479 g/mol. The molecule has 0 saturated carbocycles. The summed E-state index contributed by atoms with van der Waals surface area (Å²) in [6.07, 6.45) is 9.75. The number of aromatic nitrogens is 2. The van der Waals surface area contributed by atoms with Crippen molar-refractivity contribution in [2.45, 2.75) is 18.9 Å². The molecule has 35 heavy (non-hydrogen) atoms. The van der Waals surface area contributed by atoms with Gasteiger partial charge in [0, 0.05) is 36.8 Å². The van der Waals surface area contributed by atoms with Gasteiger partial charge in [0.1, 0.15) is 28.9 Å². The molecule has 2 aliphatic heterocycles. The zero-order valence-electron chi connectivity index (χ0n) is 19.3. The van der Waals surface area contributed by atoms with Crippen molar-refractivity contribution in [3.63, 3.8) is 0 Å². The molecule has 0 amide bonds. The van der Waals surface area contributed by atoms with Crippen LogP contribution in [0.5, 0.6) is 11.5 Å². The number of hydrogen-bond acceptors (Lipinski definition) is 7. The summed E-state index contributed by atoms with van der Waals surface area (Å²) in [5.41, 5.74) is 1.94. The SMILES string of the molecule is COc1cc2nc(/C(C=N)=C3\N=C(N4CCC[C@@H]4c4cc(F)ccc4F)C=CN3)cn2cc1OC. The Kier molecular flexibility index (Phi) is 5.94. The van der Waals surface area contributed by atoms with E-state index in [9.17, 15) is 8.78 Å². The smallest absolute Gasteiger partial charge is 0.177 e. The third-order valence-corrected chi connectivity index (χ3v) is 6.18. The van der Waals surface area contributed by atoms with Crippen molar-refractivity contribution in [1.29, 1.82) is 5.41 Å². The molecular formula is C25H24F2N6O2. The standard InChI is InChI=1S/C25H24F2N6O2/c1-34-21-11-24-30-19(13-32(24)14-22(21)35-2)17(12-28)25-29-8-7-23(31-25)33-9-3-4-20(33)16-10-15(26)5-6-18(16)27/h5-8,10-14,20,28-29H,3-4,9H2,1-2H3/b25-17-,28-12?/t20-/m1/s1. The molecule has 0 radical (unpaired) electrons. The van der Waals surface area contributed by atoms with Gasteiger partial charge in [-0.1, -0.05) is 0 Å². The first-order valence-corrected chi connectivity index (χ1v) is 11.1. The Bertz CT molecular complexity index is 1350. The fourth-order valence-corrected chi connectivity index (χ4v) is 4.51. The van der Waals surface area contributed by atoms with E-state index in [1.54, 1.807) is 49.4 Å². The van der Waals surface area contributed by atoms with E-state index in [0.29, 0.717) is 58.6 Å². The fourth-order valence-electron chi connectivity index (χ4n) is 4.51. The first kappa shape index (κ1) is 22.6. The molecule has 8 nitrogen and oxygen atoms in total. The zero-order chi connectivity index (χ0) is 24.5. The first-order valence-electron chi connectivity index (χ1n) is 11.1. The predicted molar refractivity (Wildman–Crippen MR) is 129 cm³/mol. The second-order valence-corrected chi connectivity index (χ2v) is 8.17. The molecule has 10 heteroatoms. The van der Waals surface area contributed by atoms with Gasteiger partial charge in [-0.05, 0) is 37.1 Å². The minimum Gasteiger partial charge on any atom is -0.493 e. The Balaban J connectivity index is 1.53. The van der Waals surface area contributed by atoms with Crippen molar-refractivity contribution in [3.8, 4) is 11.5 Å². The molecule has 1 aromatic carbocycles. The zero-order valence-corrected chi connectivity index (χ0v) is 19.3. The van der Waals surface area contributed by atoms with Crippen molar-refractivity contribution in [3.05, 3.63) is 77.6 Å². The molecule has 1 atom stereocenters. The Morgan fingerprint density at radius 3 is 2.77 bits per heavy atom. The van der Waals surface area contributed by atoms with Gasteiger partial charge in [-0.15, -0.1) is 0 Å². The molecule has 0 bridgehead atoms. The topological polar surface area (TPSA) is 87.2 Å². The van der Waals surface area contributed by atoms with Crippen LogP contribution in [-0.4, -0.2) is 47.1 Å². The highest BCUT2D eigenvalue weighted by Gasteiger charge is 2.31. The molecular weight excluding hydrogens is 454 g/mol. The summed E-state index contributed by atoms with van der Waals surface area (Å²) >= 11 is 0. The highest BCUT2D eigenvalue weighted by molar-refractivity contribution is 6.10. The molecule has 2 N–H and O–H groups in total. The number of fused-ring (bicyclic) bond motifs is 1. The third-order valence-electron chi connectivity index (χ3n) is 6.18. The quantitative estimate of drug-likeness (QED) is 0.534. The Morgan fingerprint density at radius 1 is 1.17 bits per heavy atom. The van der Waals surface area contributed by atoms with Gasteiger partial charge in [0.15, 0.2) is 11.5 Å². The van der Waals surface area contributed by atoms with Crippen LogP contribution in [0.15, 0.2) is 59.7 Å². The summed E-state index contributed by atoms with van der Waals surface area (Å²) in [4.78, 5) is 11.3. The van der Waals surface area contributed by atoms with E-state index in [1.807, 2.05) is 4.90 Å². The lowest BCUT2D eigenvalue weighted by Crippen LogP contribution is -2.32. The van der Waals surface area contributed by atoms with Crippen molar-refractivity contribution in [2.75, 3.05) is 20.8 Å². The number of rotatable bonds is 5. The normalized spacial score (nSPS) is 18.9. The van der Waals surface area contributed by atoms with Crippen LogP contribution in [0.4, 0.5) is 8.78 Å². The van der Waals surface area contributed by atoms with Gasteiger partial charge in [0.25, 0.3) is 0 Å². The van der Waals surface area contributed by atoms with Gasteiger partial charge in [-0.3, -0.25) is 0 Å². The van der Waals surface area contributed by atoms with E-state index in [4.69, 9.17) is 19.9 Å². The Morgan fingerprint density at radius 2 is 2.00 bits per heavy atom.